The largest absolute Gasteiger partial charge is 0.487 e. The van der Waals surface area contributed by atoms with Crippen LogP contribution in [0.15, 0.2) is 48.7 Å². The van der Waals surface area contributed by atoms with Gasteiger partial charge in [-0.2, -0.15) is 0 Å². The van der Waals surface area contributed by atoms with Gasteiger partial charge in [0.1, 0.15) is 18.5 Å². The van der Waals surface area contributed by atoms with Crippen LogP contribution in [0.5, 0.6) is 5.75 Å². The number of rotatable bonds is 7. The maximum Gasteiger partial charge on any atom is 0.249 e. The molecular weight excluding hydrogens is 389 g/mol. The highest BCUT2D eigenvalue weighted by atomic mass is 35.5. The molecule has 2 aromatic rings. The highest BCUT2D eigenvalue weighted by Gasteiger charge is 2.29. The van der Waals surface area contributed by atoms with Gasteiger partial charge in [0.05, 0.1) is 11.8 Å². The summed E-state index contributed by atoms with van der Waals surface area (Å²) < 4.78 is 11.3. The Morgan fingerprint density at radius 1 is 1.19 bits per heavy atom. The van der Waals surface area contributed by atoms with Gasteiger partial charge in [-0.1, -0.05) is 18.2 Å². The van der Waals surface area contributed by atoms with Gasteiger partial charge in [-0.3, -0.25) is 9.78 Å². The quantitative estimate of drug-likeness (QED) is 0.728. The number of nitrogens with zero attached hydrogens (tertiary/aromatic N) is 1. The Morgan fingerprint density at radius 2 is 1.96 bits per heavy atom. The molecule has 1 saturated heterocycles. The molecule has 0 saturated carbocycles. The van der Waals surface area contributed by atoms with Crippen LogP contribution in [0.1, 0.15) is 24.1 Å². The fourth-order valence-corrected chi connectivity index (χ4v) is 2.72. The molecule has 1 aliphatic rings. The molecule has 0 spiro atoms. The maximum absolute atomic E-state index is 12.1. The van der Waals surface area contributed by atoms with Crippen molar-refractivity contribution >= 4 is 30.7 Å². The van der Waals surface area contributed by atoms with E-state index in [0.29, 0.717) is 19.7 Å². The number of aromatic nitrogens is 1. The van der Waals surface area contributed by atoms with E-state index >= 15 is 0 Å². The van der Waals surface area contributed by atoms with E-state index in [9.17, 15) is 4.79 Å². The zero-order chi connectivity index (χ0) is 17.5. The van der Waals surface area contributed by atoms with Crippen LogP contribution in [0.25, 0.3) is 0 Å². The van der Waals surface area contributed by atoms with Crippen molar-refractivity contribution in [2.75, 3.05) is 6.54 Å². The monoisotopic (exact) mass is 413 g/mol. The Bertz CT molecular complexity index is 686. The second kappa shape index (κ2) is 11.8. The van der Waals surface area contributed by atoms with Crippen LogP contribution in [0, 0.1) is 0 Å². The van der Waals surface area contributed by atoms with Gasteiger partial charge in [0.15, 0.2) is 0 Å². The molecule has 3 N–H and O–H groups in total. The molecule has 1 amide bonds. The number of nitrogens with two attached hydrogens (primary N) is 1. The van der Waals surface area contributed by atoms with Crippen LogP contribution < -0.4 is 15.8 Å². The molecule has 3 rings (SSSR count). The van der Waals surface area contributed by atoms with Gasteiger partial charge in [0.2, 0.25) is 5.91 Å². The first-order valence-corrected chi connectivity index (χ1v) is 8.49. The fraction of sp³-hybridized carbons (Fsp3) is 0.368. The SMILES string of the molecule is Cl.Cl.NC[C@H]1CC[C@@H](C(=O)NCc2ccc(OCc3ccccn3)cc2)O1. The zero-order valence-corrected chi connectivity index (χ0v) is 16.5. The van der Waals surface area contributed by atoms with Gasteiger partial charge in [0.25, 0.3) is 0 Å². The third kappa shape index (κ3) is 6.99. The molecule has 2 atom stereocenters. The summed E-state index contributed by atoms with van der Waals surface area (Å²) >= 11 is 0. The summed E-state index contributed by atoms with van der Waals surface area (Å²) in [6, 6.07) is 13.4. The Morgan fingerprint density at radius 3 is 2.59 bits per heavy atom. The minimum Gasteiger partial charge on any atom is -0.487 e. The van der Waals surface area contributed by atoms with E-state index in [1.807, 2.05) is 42.5 Å². The number of ether oxygens (including phenoxy) is 2. The lowest BCUT2D eigenvalue weighted by molar-refractivity contribution is -0.132. The normalized spacial score (nSPS) is 18.1. The summed E-state index contributed by atoms with van der Waals surface area (Å²) in [5, 5.41) is 2.91. The lowest BCUT2D eigenvalue weighted by Gasteiger charge is -2.13. The van der Waals surface area contributed by atoms with E-state index in [2.05, 4.69) is 10.3 Å². The smallest absolute Gasteiger partial charge is 0.249 e. The standard InChI is InChI=1S/C19H23N3O3.2ClH/c20-11-17-8-9-18(25-17)19(23)22-12-14-4-6-16(7-5-14)24-13-15-3-1-2-10-21-15;;/h1-7,10,17-18H,8-9,11-13,20H2,(H,22,23);2*1H/t17-,18+;;/m1../s1. The van der Waals surface area contributed by atoms with Crippen molar-refractivity contribution in [3.63, 3.8) is 0 Å². The first-order valence-electron chi connectivity index (χ1n) is 8.49. The number of carbonyl (C=O) groups is 1. The predicted molar refractivity (Wildman–Crippen MR) is 108 cm³/mol. The Kier molecular flexibility index (Phi) is 10.1. The van der Waals surface area contributed by atoms with Gasteiger partial charge in [0, 0.05) is 19.3 Å². The molecule has 8 heteroatoms. The highest BCUT2D eigenvalue weighted by Crippen LogP contribution is 2.19. The van der Waals surface area contributed by atoms with Gasteiger partial charge in [-0.25, -0.2) is 0 Å². The van der Waals surface area contributed by atoms with E-state index in [-0.39, 0.29) is 42.9 Å². The molecule has 148 valence electrons. The Hall–Kier alpha value is -1.86. The van der Waals surface area contributed by atoms with E-state index in [1.54, 1.807) is 6.20 Å². The third-order valence-corrected chi connectivity index (χ3v) is 4.17. The topological polar surface area (TPSA) is 86.5 Å². The molecule has 0 bridgehead atoms. The predicted octanol–water partition coefficient (Wildman–Crippen LogP) is 2.63. The van der Waals surface area contributed by atoms with Crippen LogP contribution in [-0.2, 0) is 22.7 Å². The van der Waals surface area contributed by atoms with Crippen molar-refractivity contribution in [1.29, 1.82) is 0 Å². The van der Waals surface area contributed by atoms with Gasteiger partial charge >= 0.3 is 0 Å². The van der Waals surface area contributed by atoms with Crippen LogP contribution >= 0.6 is 24.8 Å². The minimum absolute atomic E-state index is 0. The Balaban J connectivity index is 0.00000182. The summed E-state index contributed by atoms with van der Waals surface area (Å²) in [6.45, 7) is 1.36. The van der Waals surface area contributed by atoms with Crippen molar-refractivity contribution in [3.05, 3.63) is 59.9 Å². The molecule has 1 aromatic carbocycles. The molecule has 27 heavy (non-hydrogen) atoms. The van der Waals surface area contributed by atoms with Crippen molar-refractivity contribution in [2.24, 2.45) is 5.73 Å². The van der Waals surface area contributed by atoms with E-state index in [1.165, 1.54) is 0 Å². The van der Waals surface area contributed by atoms with Crippen molar-refractivity contribution in [3.8, 4) is 5.75 Å². The summed E-state index contributed by atoms with van der Waals surface area (Å²) in [5.74, 6) is 0.692. The molecule has 0 unspecified atom stereocenters. The van der Waals surface area contributed by atoms with Crippen molar-refractivity contribution < 1.29 is 14.3 Å². The minimum atomic E-state index is -0.380. The van der Waals surface area contributed by atoms with Crippen molar-refractivity contribution in [1.82, 2.24) is 10.3 Å². The molecule has 1 fully saturated rings. The molecule has 0 aliphatic carbocycles. The number of hydrogen-bond acceptors (Lipinski definition) is 5. The van der Waals surface area contributed by atoms with Crippen molar-refractivity contribution in [2.45, 2.75) is 38.2 Å². The number of carbonyl (C=O) groups excluding carboxylic acids is 1. The van der Waals surface area contributed by atoms with Crippen LogP contribution in [0.2, 0.25) is 0 Å². The number of benzene rings is 1. The number of hydrogen-bond donors (Lipinski definition) is 2. The molecule has 0 radical (unpaired) electrons. The fourth-order valence-electron chi connectivity index (χ4n) is 2.72. The Labute approximate surface area is 171 Å². The number of amides is 1. The lowest BCUT2D eigenvalue weighted by Crippen LogP contribution is -2.35. The van der Waals surface area contributed by atoms with E-state index in [4.69, 9.17) is 15.2 Å². The third-order valence-electron chi connectivity index (χ3n) is 4.17. The van der Waals surface area contributed by atoms with Gasteiger partial charge in [-0.15, -0.1) is 24.8 Å². The number of pyridine rings is 1. The molecule has 2 heterocycles. The summed E-state index contributed by atoms with van der Waals surface area (Å²) in [6.07, 6.45) is 2.94. The maximum atomic E-state index is 12.1. The summed E-state index contributed by atoms with van der Waals surface area (Å²) in [4.78, 5) is 16.3. The summed E-state index contributed by atoms with van der Waals surface area (Å²) in [7, 11) is 0. The zero-order valence-electron chi connectivity index (χ0n) is 14.9. The average molecular weight is 414 g/mol. The average Bonchev–Trinajstić information content (AvgIpc) is 3.15. The number of nitrogens with one attached hydrogen (secondary N) is 1. The second-order valence-electron chi connectivity index (χ2n) is 6.03. The van der Waals surface area contributed by atoms with Crippen LogP contribution in [-0.4, -0.2) is 29.6 Å². The van der Waals surface area contributed by atoms with Gasteiger partial charge in [-0.05, 0) is 42.7 Å². The van der Waals surface area contributed by atoms with E-state index < -0.39 is 0 Å². The van der Waals surface area contributed by atoms with Crippen LogP contribution in [0.3, 0.4) is 0 Å². The lowest BCUT2D eigenvalue weighted by atomic mass is 10.1. The second-order valence-corrected chi connectivity index (χ2v) is 6.03. The first-order chi connectivity index (χ1) is 12.2. The molecule has 1 aliphatic heterocycles. The molecule has 6 nitrogen and oxygen atoms in total. The molecule has 1 aromatic heterocycles. The van der Waals surface area contributed by atoms with E-state index in [0.717, 1.165) is 29.8 Å². The number of halogens is 2. The molecular formula is C19H25Cl2N3O3. The van der Waals surface area contributed by atoms with Gasteiger partial charge < -0.3 is 20.5 Å². The highest BCUT2D eigenvalue weighted by molar-refractivity contribution is 5.85. The summed E-state index contributed by atoms with van der Waals surface area (Å²) in [5.41, 5.74) is 7.45. The first kappa shape index (κ1) is 23.2. The van der Waals surface area contributed by atoms with Crippen LogP contribution in [0.4, 0.5) is 0 Å².